The maximum absolute atomic E-state index is 12.6. The highest BCUT2D eigenvalue weighted by Crippen LogP contribution is 2.30. The number of anilines is 1. The summed E-state index contributed by atoms with van der Waals surface area (Å²) in [5, 5.41) is 9.03. The van der Waals surface area contributed by atoms with Crippen LogP contribution in [0.25, 0.3) is 5.78 Å². The fourth-order valence-corrected chi connectivity index (χ4v) is 4.24. The topological polar surface area (TPSA) is 90.4 Å². The minimum atomic E-state index is -0.0652. The van der Waals surface area contributed by atoms with Gasteiger partial charge < -0.3 is 9.64 Å². The van der Waals surface area contributed by atoms with Gasteiger partial charge in [0.1, 0.15) is 12.1 Å². The monoisotopic (exact) mass is 381 g/mol. The minimum Gasteiger partial charge on any atom is -0.376 e. The molecule has 5 rings (SSSR count). The van der Waals surface area contributed by atoms with Crippen molar-refractivity contribution in [1.29, 1.82) is 0 Å². The van der Waals surface area contributed by atoms with Crippen molar-refractivity contribution in [3.05, 3.63) is 45.3 Å². The van der Waals surface area contributed by atoms with E-state index in [-0.39, 0.29) is 11.6 Å². The highest BCUT2D eigenvalue weighted by atomic mass is 16.5. The van der Waals surface area contributed by atoms with E-state index in [0.29, 0.717) is 25.5 Å². The third-order valence-corrected chi connectivity index (χ3v) is 5.81. The first-order valence-corrected chi connectivity index (χ1v) is 9.73. The van der Waals surface area contributed by atoms with E-state index in [0.717, 1.165) is 54.1 Å². The van der Waals surface area contributed by atoms with Crippen molar-refractivity contribution in [3.63, 3.8) is 0 Å². The molecule has 0 bridgehead atoms. The number of aromatic nitrogens is 6. The van der Waals surface area contributed by atoms with Gasteiger partial charge in [-0.3, -0.25) is 4.79 Å². The first-order chi connectivity index (χ1) is 13.6. The third kappa shape index (κ3) is 2.77. The number of hydrogen-bond donors (Lipinski definition) is 0. The Bertz CT molecular complexity index is 1100. The van der Waals surface area contributed by atoms with Gasteiger partial charge in [0.2, 0.25) is 0 Å². The first kappa shape index (κ1) is 17.3. The molecule has 5 heterocycles. The van der Waals surface area contributed by atoms with Crippen molar-refractivity contribution in [2.75, 3.05) is 18.1 Å². The van der Waals surface area contributed by atoms with E-state index < -0.39 is 0 Å². The molecule has 9 nitrogen and oxygen atoms in total. The molecular weight excluding hydrogens is 358 g/mol. The third-order valence-electron chi connectivity index (χ3n) is 5.81. The summed E-state index contributed by atoms with van der Waals surface area (Å²) in [4.78, 5) is 23.7. The Hall–Kier alpha value is -2.81. The zero-order valence-electron chi connectivity index (χ0n) is 16.1. The molecule has 2 aliphatic rings. The van der Waals surface area contributed by atoms with Crippen LogP contribution in [0.1, 0.15) is 35.4 Å². The van der Waals surface area contributed by atoms with E-state index in [9.17, 15) is 4.79 Å². The summed E-state index contributed by atoms with van der Waals surface area (Å²) in [6.45, 7) is 6.68. The lowest BCUT2D eigenvalue weighted by Crippen LogP contribution is -2.39. The summed E-state index contributed by atoms with van der Waals surface area (Å²) in [5.74, 6) is 1.62. The molecule has 0 saturated carbocycles. The predicted octanol–water partition coefficient (Wildman–Crippen LogP) is 1.04. The molecule has 0 aliphatic carbocycles. The van der Waals surface area contributed by atoms with Crippen LogP contribution in [0, 0.1) is 13.8 Å². The van der Waals surface area contributed by atoms with Gasteiger partial charge in [-0.25, -0.2) is 9.67 Å². The molecule has 28 heavy (non-hydrogen) atoms. The van der Waals surface area contributed by atoms with Gasteiger partial charge in [-0.1, -0.05) is 0 Å². The van der Waals surface area contributed by atoms with E-state index in [1.807, 2.05) is 6.92 Å². The van der Waals surface area contributed by atoms with E-state index >= 15 is 0 Å². The molecule has 0 amide bonds. The van der Waals surface area contributed by atoms with Crippen molar-refractivity contribution >= 4 is 11.6 Å². The van der Waals surface area contributed by atoms with Gasteiger partial charge in [0.05, 0.1) is 31.5 Å². The Labute approximate surface area is 162 Å². The molecule has 3 aromatic rings. The van der Waals surface area contributed by atoms with Gasteiger partial charge in [-0.2, -0.15) is 19.7 Å². The Kier molecular flexibility index (Phi) is 4.12. The van der Waals surface area contributed by atoms with E-state index in [1.165, 1.54) is 6.33 Å². The molecule has 146 valence electrons. The number of aryl methyl sites for hydroxylation is 1. The van der Waals surface area contributed by atoms with Gasteiger partial charge >= 0.3 is 0 Å². The Morgan fingerprint density at radius 3 is 3.11 bits per heavy atom. The highest BCUT2D eigenvalue weighted by molar-refractivity contribution is 5.55. The summed E-state index contributed by atoms with van der Waals surface area (Å²) in [6, 6.07) is 1.86. The molecule has 0 aromatic carbocycles. The largest absolute Gasteiger partial charge is 0.376 e. The second kappa shape index (κ2) is 6.66. The molecule has 3 aromatic heterocycles. The molecule has 0 radical (unpaired) electrons. The molecule has 1 fully saturated rings. The maximum Gasteiger partial charge on any atom is 0.267 e. The SMILES string of the molecule is Cc1nc2ncnn2c(N2CCCC2Cn2nc3c(cc2=O)COCC3)c1C. The quantitative estimate of drug-likeness (QED) is 0.669. The molecule has 1 atom stereocenters. The van der Waals surface area contributed by atoms with Crippen LogP contribution in [-0.2, 0) is 24.3 Å². The number of nitrogens with zero attached hydrogens (tertiary/aromatic N) is 7. The lowest BCUT2D eigenvalue weighted by Gasteiger charge is -2.29. The molecule has 0 N–H and O–H groups in total. The van der Waals surface area contributed by atoms with Gasteiger partial charge in [-0.05, 0) is 26.7 Å². The van der Waals surface area contributed by atoms with Crippen LogP contribution < -0.4 is 10.5 Å². The molecule has 9 heteroatoms. The van der Waals surface area contributed by atoms with Crippen molar-refractivity contribution < 1.29 is 4.74 Å². The smallest absolute Gasteiger partial charge is 0.267 e. The van der Waals surface area contributed by atoms with Gasteiger partial charge in [0.15, 0.2) is 0 Å². The number of ether oxygens (including phenoxy) is 1. The lowest BCUT2D eigenvalue weighted by molar-refractivity contribution is 0.108. The normalized spacial score (nSPS) is 19.4. The Morgan fingerprint density at radius 1 is 1.32 bits per heavy atom. The summed E-state index contributed by atoms with van der Waals surface area (Å²) >= 11 is 0. The van der Waals surface area contributed by atoms with E-state index in [1.54, 1.807) is 15.3 Å². The Morgan fingerprint density at radius 2 is 2.21 bits per heavy atom. The molecule has 0 spiro atoms. The van der Waals surface area contributed by atoms with Gasteiger partial charge in [0.25, 0.3) is 11.3 Å². The van der Waals surface area contributed by atoms with Crippen LogP contribution in [0.2, 0.25) is 0 Å². The fourth-order valence-electron chi connectivity index (χ4n) is 4.24. The standard InChI is InChI=1S/C19H23N7O2/c1-12-13(2)22-19-20-11-21-26(19)18(12)24-6-3-4-15(24)9-25-17(27)8-14-10-28-7-5-16(14)23-25/h8,11,15H,3-7,9-10H2,1-2H3. The van der Waals surface area contributed by atoms with E-state index in [2.05, 4.69) is 32.0 Å². The number of fused-ring (bicyclic) bond motifs is 2. The lowest BCUT2D eigenvalue weighted by atomic mass is 10.1. The van der Waals surface area contributed by atoms with Crippen molar-refractivity contribution in [1.82, 2.24) is 29.4 Å². The second-order valence-electron chi connectivity index (χ2n) is 7.55. The van der Waals surface area contributed by atoms with Crippen molar-refractivity contribution in [3.8, 4) is 0 Å². The minimum absolute atomic E-state index is 0.0652. The highest BCUT2D eigenvalue weighted by Gasteiger charge is 2.30. The van der Waals surface area contributed by atoms with Crippen LogP contribution in [0.3, 0.4) is 0 Å². The zero-order chi connectivity index (χ0) is 19.3. The van der Waals surface area contributed by atoms with Gasteiger partial charge in [0, 0.05) is 35.9 Å². The average Bonchev–Trinajstić information content (AvgIpc) is 3.33. The molecule has 2 aliphatic heterocycles. The zero-order valence-corrected chi connectivity index (χ0v) is 16.1. The van der Waals surface area contributed by atoms with Crippen LogP contribution in [0.5, 0.6) is 0 Å². The molecular formula is C19H23N7O2. The van der Waals surface area contributed by atoms with Crippen LogP contribution in [-0.4, -0.2) is 48.6 Å². The van der Waals surface area contributed by atoms with E-state index in [4.69, 9.17) is 4.74 Å². The van der Waals surface area contributed by atoms with Crippen molar-refractivity contribution in [2.24, 2.45) is 0 Å². The van der Waals surface area contributed by atoms with Crippen LogP contribution in [0.15, 0.2) is 17.2 Å². The van der Waals surface area contributed by atoms with Crippen LogP contribution in [0.4, 0.5) is 5.82 Å². The average molecular weight is 381 g/mol. The summed E-state index contributed by atoms with van der Waals surface area (Å²) in [5.41, 5.74) is 3.87. The summed E-state index contributed by atoms with van der Waals surface area (Å²) in [7, 11) is 0. The molecule has 1 saturated heterocycles. The number of hydrogen-bond acceptors (Lipinski definition) is 7. The Balaban J connectivity index is 1.52. The van der Waals surface area contributed by atoms with Gasteiger partial charge in [-0.15, -0.1) is 0 Å². The second-order valence-corrected chi connectivity index (χ2v) is 7.55. The first-order valence-electron chi connectivity index (χ1n) is 9.73. The summed E-state index contributed by atoms with van der Waals surface area (Å²) in [6.07, 6.45) is 4.36. The summed E-state index contributed by atoms with van der Waals surface area (Å²) < 4.78 is 8.87. The number of rotatable bonds is 3. The van der Waals surface area contributed by atoms with Crippen molar-refractivity contribution in [2.45, 2.75) is 52.3 Å². The van der Waals surface area contributed by atoms with Crippen LogP contribution >= 0.6 is 0 Å². The molecule has 1 unspecified atom stereocenters. The predicted molar refractivity (Wildman–Crippen MR) is 102 cm³/mol. The fraction of sp³-hybridized carbons (Fsp3) is 0.526. The maximum atomic E-state index is 12.6.